The van der Waals surface area contributed by atoms with Gasteiger partial charge in [-0.15, -0.1) is 0 Å². The van der Waals surface area contributed by atoms with E-state index in [1.807, 2.05) is 4.98 Å². The zero-order valence-corrected chi connectivity index (χ0v) is 11.9. The smallest absolute Gasteiger partial charge is 0.394 e. The zero-order chi connectivity index (χ0) is 17.6. The van der Waals surface area contributed by atoms with Gasteiger partial charge in [-0.25, -0.2) is 0 Å². The number of hydrogen-bond acceptors (Lipinski definition) is 7. The molecule has 0 bridgehead atoms. The van der Waals surface area contributed by atoms with Gasteiger partial charge in [0, 0.05) is 0 Å². The van der Waals surface area contributed by atoms with Crippen LogP contribution in [0.25, 0.3) is 11.5 Å². The quantitative estimate of drug-likeness (QED) is 0.573. The fourth-order valence-electron chi connectivity index (χ4n) is 2.49. The summed E-state index contributed by atoms with van der Waals surface area (Å²) in [6, 6.07) is 1.13. The van der Waals surface area contributed by atoms with Crippen LogP contribution in [0.1, 0.15) is 17.4 Å². The molecule has 0 amide bonds. The lowest BCUT2D eigenvalue weighted by molar-refractivity contribution is -0.141. The number of pyridine rings is 1. The Hall–Kier alpha value is -2.08. The molecule has 24 heavy (non-hydrogen) atoms. The molecule has 0 aromatic rings. The van der Waals surface area contributed by atoms with Crippen molar-refractivity contribution in [1.29, 1.82) is 0 Å². The molecule has 1 unspecified atom stereocenters. The summed E-state index contributed by atoms with van der Waals surface area (Å²) < 4.78 is 43.1. The lowest BCUT2D eigenvalue weighted by Crippen LogP contribution is -2.33. The number of aromatic amines is 1. The zero-order valence-electron chi connectivity index (χ0n) is 11.9. The normalized spacial score (nSPS) is 27.8. The maximum Gasteiger partial charge on any atom is 0.432 e. The molecule has 0 spiro atoms. The monoisotopic (exact) mass is 347 g/mol. The Balaban J connectivity index is 2.04. The van der Waals surface area contributed by atoms with Crippen LogP contribution >= 0.6 is 0 Å². The van der Waals surface area contributed by atoms with Crippen LogP contribution in [0.3, 0.4) is 0 Å². The van der Waals surface area contributed by atoms with Gasteiger partial charge in [0.25, 0.3) is 5.56 Å². The Morgan fingerprint density at radius 3 is 2.58 bits per heavy atom. The number of alkyl halides is 3. The van der Waals surface area contributed by atoms with Crippen molar-refractivity contribution in [2.24, 2.45) is 0 Å². The number of aliphatic hydroxyl groups excluding tert-OH is 3. The molecule has 8 nitrogen and oxygen atoms in total. The van der Waals surface area contributed by atoms with Gasteiger partial charge >= 0.3 is 6.18 Å². The molecule has 0 radical (unpaired) electrons. The fourth-order valence-corrected chi connectivity index (χ4v) is 2.49. The third-order valence-electron chi connectivity index (χ3n) is 3.74. The number of H-pyrrole nitrogens is 1. The Kier molecular flexibility index (Phi) is 4.03. The van der Waals surface area contributed by atoms with E-state index in [1.54, 1.807) is 0 Å². The van der Waals surface area contributed by atoms with Crippen molar-refractivity contribution in [3.05, 3.63) is 33.9 Å². The number of aliphatic hydroxyl groups is 3. The molecule has 0 aromatic carbocycles. The van der Waals surface area contributed by atoms with Crippen LogP contribution in [0.15, 0.2) is 17.1 Å². The van der Waals surface area contributed by atoms with E-state index in [0.717, 1.165) is 6.07 Å². The first-order valence-electron chi connectivity index (χ1n) is 6.82. The Morgan fingerprint density at radius 1 is 1.29 bits per heavy atom. The lowest BCUT2D eigenvalue weighted by Gasteiger charge is -2.16. The molecule has 3 rings (SSSR count). The summed E-state index contributed by atoms with van der Waals surface area (Å²) in [6.07, 6.45) is -9.39. The first-order valence-corrected chi connectivity index (χ1v) is 6.82. The van der Waals surface area contributed by atoms with Gasteiger partial charge in [0.15, 0.2) is 5.82 Å². The highest BCUT2D eigenvalue weighted by Crippen LogP contribution is 2.34. The summed E-state index contributed by atoms with van der Waals surface area (Å²) in [7, 11) is 0. The Bertz CT molecular complexity index is 780. The summed E-state index contributed by atoms with van der Waals surface area (Å²) in [5.74, 6) is -0.370. The molecule has 3 aliphatic heterocycles. The summed E-state index contributed by atoms with van der Waals surface area (Å²) >= 11 is 0. The third kappa shape index (κ3) is 2.75. The molecule has 0 aromatic heterocycles. The highest BCUT2D eigenvalue weighted by Gasteiger charge is 2.44. The van der Waals surface area contributed by atoms with Gasteiger partial charge in [-0.05, 0) is 6.07 Å². The van der Waals surface area contributed by atoms with Crippen molar-refractivity contribution in [3.8, 4) is 11.5 Å². The second-order valence-corrected chi connectivity index (χ2v) is 5.30. The summed E-state index contributed by atoms with van der Waals surface area (Å²) in [6.45, 7) is -0.578. The van der Waals surface area contributed by atoms with Crippen LogP contribution < -0.4 is 5.56 Å². The third-order valence-corrected chi connectivity index (χ3v) is 3.74. The first kappa shape index (κ1) is 16.8. The van der Waals surface area contributed by atoms with Gasteiger partial charge in [0.1, 0.15) is 35.8 Å². The molecule has 0 saturated carbocycles. The van der Waals surface area contributed by atoms with Gasteiger partial charge in [0.2, 0.25) is 0 Å². The number of nitrogens with zero attached hydrogens (tertiary/aromatic N) is 2. The van der Waals surface area contributed by atoms with E-state index >= 15 is 0 Å². The minimum Gasteiger partial charge on any atom is -0.394 e. The van der Waals surface area contributed by atoms with Crippen LogP contribution in [-0.4, -0.2) is 55.2 Å². The van der Waals surface area contributed by atoms with Crippen molar-refractivity contribution >= 4 is 0 Å². The van der Waals surface area contributed by atoms with Crippen molar-refractivity contribution in [2.45, 2.75) is 30.6 Å². The Morgan fingerprint density at radius 2 is 2.00 bits per heavy atom. The molecule has 1 fully saturated rings. The van der Waals surface area contributed by atoms with Crippen molar-refractivity contribution in [1.82, 2.24) is 15.0 Å². The molecule has 0 aliphatic carbocycles. The Labute approximate surface area is 131 Å². The van der Waals surface area contributed by atoms with E-state index < -0.39 is 48.5 Å². The van der Waals surface area contributed by atoms with E-state index in [0.29, 0.717) is 6.20 Å². The van der Waals surface area contributed by atoms with E-state index in [2.05, 4.69) is 9.97 Å². The van der Waals surface area contributed by atoms with Gasteiger partial charge in [-0.2, -0.15) is 18.2 Å². The van der Waals surface area contributed by atoms with Crippen molar-refractivity contribution < 1.29 is 33.2 Å². The van der Waals surface area contributed by atoms with Gasteiger partial charge in [-0.1, -0.05) is 0 Å². The van der Waals surface area contributed by atoms with E-state index in [9.17, 15) is 28.2 Å². The second-order valence-electron chi connectivity index (χ2n) is 5.30. The molecule has 1 saturated heterocycles. The average molecular weight is 347 g/mol. The molecule has 11 heteroatoms. The topological polar surface area (TPSA) is 129 Å². The summed E-state index contributed by atoms with van der Waals surface area (Å²) in [4.78, 5) is 21.1. The molecular weight excluding hydrogens is 335 g/mol. The van der Waals surface area contributed by atoms with Crippen LogP contribution in [0.5, 0.6) is 0 Å². The minimum atomic E-state index is -4.67. The summed E-state index contributed by atoms with van der Waals surface area (Å²) in [5.41, 5.74) is -2.32. The average Bonchev–Trinajstić information content (AvgIpc) is 2.80. The van der Waals surface area contributed by atoms with Gasteiger partial charge in [-0.3, -0.25) is 9.78 Å². The highest BCUT2D eigenvalue weighted by atomic mass is 19.4. The second kappa shape index (κ2) is 5.77. The number of rotatable bonds is 2. The van der Waals surface area contributed by atoms with Crippen molar-refractivity contribution in [3.63, 3.8) is 0 Å². The maximum absolute atomic E-state index is 12.6. The van der Waals surface area contributed by atoms with E-state index in [1.165, 1.54) is 0 Å². The number of nitrogens with one attached hydrogen (secondary N) is 1. The number of aromatic nitrogens is 3. The lowest BCUT2D eigenvalue weighted by atomic mass is 10.0. The number of hydrogen-bond donors (Lipinski definition) is 4. The summed E-state index contributed by atoms with van der Waals surface area (Å²) in [5, 5.41) is 28.7. The number of fused-ring (bicyclic) bond motifs is 1. The SMILES string of the molecule is O=c1nc2[nH]c(C(F)(F)F)cnc-2cc1[C@@H]1O[C@H](CO)C(O)[C@@H]1O. The molecule has 130 valence electrons. The standard InChI is InChI=1S/C13H12F3N3O5/c14-13(15,16)7-2-17-5-1-4(12(23)19-11(5)18-7)10-9(22)8(21)6(3-20)24-10/h1-2,6,8-10,20-22H,3H2,(H,18,19,23)/t6-,8?,9+,10+/m1/s1. The highest BCUT2D eigenvalue weighted by molar-refractivity contribution is 5.52. The van der Waals surface area contributed by atoms with Crippen LogP contribution in [-0.2, 0) is 10.9 Å². The van der Waals surface area contributed by atoms with E-state index in [-0.39, 0.29) is 17.1 Å². The van der Waals surface area contributed by atoms with Crippen LogP contribution in [0.4, 0.5) is 13.2 Å². The van der Waals surface area contributed by atoms with Gasteiger partial charge in [0.05, 0.1) is 18.4 Å². The molecule has 4 atom stereocenters. The van der Waals surface area contributed by atoms with Gasteiger partial charge < -0.3 is 25.0 Å². The van der Waals surface area contributed by atoms with Crippen LogP contribution in [0.2, 0.25) is 0 Å². The molecule has 3 heterocycles. The number of ether oxygens (including phenoxy) is 1. The fraction of sp³-hybridized carbons (Fsp3) is 0.462. The number of halogens is 3. The molecule has 3 aliphatic rings. The molecular formula is C13H12F3N3O5. The predicted molar refractivity (Wildman–Crippen MR) is 71.0 cm³/mol. The van der Waals surface area contributed by atoms with Crippen LogP contribution in [0, 0.1) is 0 Å². The first-order chi connectivity index (χ1) is 11.2. The predicted octanol–water partition coefficient (Wildman–Crippen LogP) is -0.558. The van der Waals surface area contributed by atoms with E-state index in [4.69, 9.17) is 9.84 Å². The molecule has 4 N–H and O–H groups in total. The minimum absolute atomic E-state index is 0.0460. The largest absolute Gasteiger partial charge is 0.432 e. The van der Waals surface area contributed by atoms with Crippen molar-refractivity contribution in [2.75, 3.05) is 6.61 Å². The maximum atomic E-state index is 12.6.